The minimum Gasteiger partial charge on any atom is -0.741 e. The monoisotopic (exact) mass is 462 g/mol. The van der Waals surface area contributed by atoms with Gasteiger partial charge >= 0.3 is 5.51 Å². The van der Waals surface area contributed by atoms with E-state index in [1.165, 1.54) is 12.8 Å². The average molecular weight is 463 g/mol. The molecule has 174 valence electrons. The van der Waals surface area contributed by atoms with Crippen LogP contribution in [0, 0.1) is 0 Å². The molecule has 0 amide bonds. The molecule has 0 fully saturated rings. The van der Waals surface area contributed by atoms with Crippen molar-refractivity contribution in [1.29, 1.82) is 0 Å². The highest BCUT2D eigenvalue weighted by Crippen LogP contribution is 2.92. The Balaban J connectivity index is 0.000000828. The number of hydrogen-bond donors (Lipinski definition) is 0. The number of halogens is 3. The van der Waals surface area contributed by atoms with Gasteiger partial charge in [0.1, 0.15) is 0 Å². The fraction of sp³-hybridized carbons (Fsp3) is 0.895. The van der Waals surface area contributed by atoms with Crippen molar-refractivity contribution in [3.05, 3.63) is 10.6 Å². The van der Waals surface area contributed by atoms with Crippen molar-refractivity contribution < 1.29 is 26.1 Å². The summed E-state index contributed by atoms with van der Waals surface area (Å²) in [7, 11) is -7.45. The first-order valence-corrected chi connectivity index (χ1v) is 13.2. The van der Waals surface area contributed by atoms with Crippen LogP contribution in [0.3, 0.4) is 0 Å². The van der Waals surface area contributed by atoms with Crippen LogP contribution in [-0.4, -0.2) is 52.0 Å². The van der Waals surface area contributed by atoms with Crippen molar-refractivity contribution in [2.24, 2.45) is 0 Å². The van der Waals surface area contributed by atoms with Gasteiger partial charge in [-0.2, -0.15) is 13.2 Å². The van der Waals surface area contributed by atoms with Crippen molar-refractivity contribution >= 4 is 17.7 Å². The third kappa shape index (κ3) is 6.16. The first-order chi connectivity index (χ1) is 12.9. The van der Waals surface area contributed by atoms with E-state index in [1.54, 1.807) is 10.6 Å². The van der Waals surface area contributed by atoms with E-state index in [0.29, 0.717) is 24.2 Å². The van der Waals surface area contributed by atoms with Crippen LogP contribution < -0.4 is 0 Å². The van der Waals surface area contributed by atoms with Crippen LogP contribution in [-0.2, 0) is 10.1 Å². The van der Waals surface area contributed by atoms with Gasteiger partial charge in [-0.15, -0.1) is 9.34 Å². The Hall–Kier alpha value is -0.210. The number of alkyl halides is 3. The molecule has 29 heavy (non-hydrogen) atoms. The smallest absolute Gasteiger partial charge is 0.485 e. The van der Waals surface area contributed by atoms with E-state index in [-0.39, 0.29) is 0 Å². The van der Waals surface area contributed by atoms with E-state index in [2.05, 4.69) is 78.6 Å². The van der Waals surface area contributed by atoms with Gasteiger partial charge in [0.2, 0.25) is 7.56 Å². The fourth-order valence-electron chi connectivity index (χ4n) is 4.38. The maximum absolute atomic E-state index is 10.7. The van der Waals surface area contributed by atoms with E-state index in [9.17, 15) is 13.2 Å². The van der Waals surface area contributed by atoms with Crippen LogP contribution in [0.25, 0.3) is 0 Å². The maximum Gasteiger partial charge on any atom is 0.485 e. The molecule has 0 aromatic heterocycles. The lowest BCUT2D eigenvalue weighted by molar-refractivity contribution is -0.0517. The molecule has 0 spiro atoms. The topological polar surface area (TPSA) is 63.7 Å². The standard InChI is InChI=1S/C18H38N2P.CHF3O3S/c1-11-17-18(12-2)21(17,19(13(3)4)14(5)6)20(15(7)8)16(9)10;2-1(3,4)8(5,6)7/h13-16H,11-12H2,1-10H3;(H,5,6,7)/q+1;/p-1. The number of allylic oxidation sites excluding steroid dienone is 2. The molecule has 0 unspecified atom stereocenters. The first-order valence-electron chi connectivity index (χ1n) is 10.1. The fourth-order valence-corrected chi connectivity index (χ4v) is 10.5. The summed E-state index contributed by atoms with van der Waals surface area (Å²) in [6.45, 7) is 23.7. The molecular formula is C19H38F3N2O3PS. The quantitative estimate of drug-likeness (QED) is 0.245. The predicted molar refractivity (Wildman–Crippen MR) is 115 cm³/mol. The summed E-state index contributed by atoms with van der Waals surface area (Å²) in [4.78, 5) is 0. The summed E-state index contributed by atoms with van der Waals surface area (Å²) in [5, 5.41) is 3.57. The first kappa shape index (κ1) is 28.8. The van der Waals surface area contributed by atoms with Gasteiger partial charge in [0.15, 0.2) is 20.7 Å². The van der Waals surface area contributed by atoms with Gasteiger partial charge in [0.25, 0.3) is 0 Å². The Morgan fingerprint density at radius 3 is 1.10 bits per heavy atom. The molecule has 1 aliphatic rings. The minimum atomic E-state index is -6.09. The zero-order valence-electron chi connectivity index (χ0n) is 19.3. The van der Waals surface area contributed by atoms with Crippen LogP contribution in [0.1, 0.15) is 82.1 Å². The highest BCUT2D eigenvalue weighted by atomic mass is 32.2. The third-order valence-electron chi connectivity index (χ3n) is 4.77. The molecule has 0 atom stereocenters. The molecule has 0 saturated heterocycles. The molecule has 1 heterocycles. The predicted octanol–water partition coefficient (Wildman–Crippen LogP) is 6.17. The molecule has 0 aromatic rings. The number of nitrogens with zero attached hydrogens (tertiary/aromatic N) is 2. The SMILES string of the molecule is CCC1=C(CC)[P+]1(N(C(C)C)C(C)C)N(C(C)C)C(C)C.O=S(=O)([O-])C(F)(F)F. The van der Waals surface area contributed by atoms with Crippen LogP contribution in [0.15, 0.2) is 10.6 Å². The van der Waals surface area contributed by atoms with Gasteiger partial charge in [-0.1, -0.05) is 13.8 Å². The molecule has 1 rings (SSSR count). The average Bonchev–Trinajstić information content (AvgIpc) is 3.10. The Labute approximate surface area is 175 Å². The summed E-state index contributed by atoms with van der Waals surface area (Å²) >= 11 is 0. The van der Waals surface area contributed by atoms with E-state index in [4.69, 9.17) is 13.0 Å². The molecule has 0 bridgehead atoms. The van der Waals surface area contributed by atoms with E-state index < -0.39 is 23.2 Å². The second kappa shape index (κ2) is 10.4. The summed E-state index contributed by atoms with van der Waals surface area (Å²) in [5.41, 5.74) is -5.65. The van der Waals surface area contributed by atoms with E-state index >= 15 is 0 Å². The summed E-state index contributed by atoms with van der Waals surface area (Å²) < 4.78 is 64.6. The molecule has 0 saturated carbocycles. The molecule has 0 N–H and O–H groups in total. The van der Waals surface area contributed by atoms with Gasteiger partial charge in [0, 0.05) is 37.0 Å². The summed E-state index contributed by atoms with van der Waals surface area (Å²) in [6, 6.07) is 2.40. The summed E-state index contributed by atoms with van der Waals surface area (Å²) in [5.74, 6) is 0. The molecular weight excluding hydrogens is 424 g/mol. The number of rotatable bonds is 8. The Kier molecular flexibility index (Phi) is 10.3. The summed E-state index contributed by atoms with van der Waals surface area (Å²) in [6.07, 6.45) is 2.45. The van der Waals surface area contributed by atoms with Crippen molar-refractivity contribution in [2.75, 3.05) is 0 Å². The van der Waals surface area contributed by atoms with Crippen LogP contribution in [0.4, 0.5) is 13.2 Å². The molecule has 0 aliphatic carbocycles. The lowest BCUT2D eigenvalue weighted by atomic mass is 10.3. The molecule has 0 aromatic carbocycles. The minimum absolute atomic E-state index is 0.601. The number of hydrogen-bond acceptors (Lipinski definition) is 5. The Bertz CT molecular complexity index is 623. The third-order valence-corrected chi connectivity index (χ3v) is 11.0. The van der Waals surface area contributed by atoms with Crippen LogP contribution >= 0.6 is 7.56 Å². The zero-order chi connectivity index (χ0) is 23.5. The maximum atomic E-state index is 10.7. The highest BCUT2D eigenvalue weighted by Gasteiger charge is 2.72. The zero-order valence-corrected chi connectivity index (χ0v) is 21.0. The Morgan fingerprint density at radius 1 is 0.793 bits per heavy atom. The lowest BCUT2D eigenvalue weighted by Crippen LogP contribution is -2.45. The van der Waals surface area contributed by atoms with Gasteiger partial charge in [-0.05, 0) is 55.4 Å². The van der Waals surface area contributed by atoms with Gasteiger partial charge in [0.05, 0.1) is 0 Å². The molecule has 0 radical (unpaired) electrons. The lowest BCUT2D eigenvalue weighted by Gasteiger charge is -2.42. The van der Waals surface area contributed by atoms with Crippen molar-refractivity contribution in [3.8, 4) is 0 Å². The second-order valence-corrected chi connectivity index (χ2v) is 12.8. The van der Waals surface area contributed by atoms with Crippen LogP contribution in [0.5, 0.6) is 0 Å². The van der Waals surface area contributed by atoms with Gasteiger partial charge in [-0.3, -0.25) is 0 Å². The van der Waals surface area contributed by atoms with Crippen molar-refractivity contribution in [1.82, 2.24) is 9.34 Å². The highest BCUT2D eigenvalue weighted by molar-refractivity contribution is 7.86. The van der Waals surface area contributed by atoms with E-state index in [1.807, 2.05) is 0 Å². The van der Waals surface area contributed by atoms with Crippen LogP contribution in [0.2, 0.25) is 0 Å². The van der Waals surface area contributed by atoms with Gasteiger partial charge in [-0.25, -0.2) is 8.42 Å². The van der Waals surface area contributed by atoms with Crippen molar-refractivity contribution in [2.45, 2.75) is 112 Å². The van der Waals surface area contributed by atoms with E-state index in [0.717, 1.165) is 0 Å². The largest absolute Gasteiger partial charge is 0.741 e. The molecule has 1 aliphatic heterocycles. The molecule has 10 heteroatoms. The van der Waals surface area contributed by atoms with Gasteiger partial charge < -0.3 is 4.55 Å². The molecule has 5 nitrogen and oxygen atoms in total. The Morgan fingerprint density at radius 2 is 1.00 bits per heavy atom. The second-order valence-electron chi connectivity index (χ2n) is 8.24. The van der Waals surface area contributed by atoms with Crippen molar-refractivity contribution in [3.63, 3.8) is 0 Å². The normalized spacial score (nSPS) is 17.1.